The van der Waals surface area contributed by atoms with Gasteiger partial charge in [0.05, 0.1) is 27.2 Å². The highest BCUT2D eigenvalue weighted by Crippen LogP contribution is 2.37. The summed E-state index contributed by atoms with van der Waals surface area (Å²) in [4.78, 5) is 51.0. The van der Waals surface area contributed by atoms with Gasteiger partial charge in [0.1, 0.15) is 35.4 Å². The first-order chi connectivity index (χ1) is 26.7. The highest BCUT2D eigenvalue weighted by Gasteiger charge is 2.38. The van der Waals surface area contributed by atoms with Crippen LogP contribution in [0.5, 0.6) is 17.2 Å². The first-order valence-electron chi connectivity index (χ1n) is 17.3. The van der Waals surface area contributed by atoms with Gasteiger partial charge in [0.15, 0.2) is 0 Å². The topological polar surface area (TPSA) is 162 Å². The summed E-state index contributed by atoms with van der Waals surface area (Å²) in [5.74, 6) is 0.189. The van der Waals surface area contributed by atoms with E-state index in [1.165, 1.54) is 0 Å². The Balaban J connectivity index is 1.17. The van der Waals surface area contributed by atoms with Crippen LogP contribution in [0.15, 0.2) is 133 Å². The summed E-state index contributed by atoms with van der Waals surface area (Å²) < 4.78 is 20.9. The molecule has 5 rings (SSSR count). The molecule has 0 aromatic heterocycles. The molecule has 0 radical (unpaired) electrons. The highest BCUT2D eigenvalue weighted by atomic mass is 16.7. The monoisotopic (exact) mass is 743 g/mol. The summed E-state index contributed by atoms with van der Waals surface area (Å²) in [5.41, 5.74) is 2.83. The van der Waals surface area contributed by atoms with E-state index in [0.29, 0.717) is 11.5 Å². The molecule has 12 heteroatoms. The molecule has 0 bridgehead atoms. The maximum absolute atomic E-state index is 13.8. The highest BCUT2D eigenvalue weighted by molar-refractivity contribution is 5.91. The van der Waals surface area contributed by atoms with Crippen LogP contribution in [0.4, 0.5) is 9.59 Å². The Morgan fingerprint density at radius 2 is 1.18 bits per heavy atom. The standard InChI is InChI=1S/C43H41N3O9/c1-52-36-26-31(27-37(28-36)53-2)19-18-30-20-22-35(23-21-30)55-42(51)54-25-24-44-40(48)38(45-41(49)50)29-39(47)46-43(32-12-6-3-7-13-32,33-14-8-4-9-15-33)34-16-10-5-11-17-34/h3-23,26-28,38,45H,24-25,29H2,1-2H3,(H,44,48)(H,46,47)(H,49,50). The van der Waals surface area contributed by atoms with E-state index in [4.69, 9.17) is 18.9 Å². The molecule has 0 heterocycles. The van der Waals surface area contributed by atoms with Crippen LogP contribution >= 0.6 is 0 Å². The summed E-state index contributed by atoms with van der Waals surface area (Å²) in [5, 5.41) is 17.3. The fraction of sp³-hybridized carbons (Fsp3) is 0.163. The molecule has 0 saturated carbocycles. The quantitative estimate of drug-likeness (QED) is 0.0286. The van der Waals surface area contributed by atoms with Crippen LogP contribution < -0.4 is 30.2 Å². The molecule has 282 valence electrons. The van der Waals surface area contributed by atoms with Crippen molar-refractivity contribution in [1.29, 1.82) is 0 Å². The van der Waals surface area contributed by atoms with Gasteiger partial charge in [-0.15, -0.1) is 0 Å². The Hall–Kier alpha value is -7.08. The minimum Gasteiger partial charge on any atom is -0.497 e. The maximum Gasteiger partial charge on any atom is 0.513 e. The third-order valence-electron chi connectivity index (χ3n) is 8.50. The molecule has 55 heavy (non-hydrogen) atoms. The molecule has 1 unspecified atom stereocenters. The smallest absolute Gasteiger partial charge is 0.497 e. The molecule has 0 aliphatic carbocycles. The lowest BCUT2D eigenvalue weighted by Crippen LogP contribution is -2.53. The van der Waals surface area contributed by atoms with Gasteiger partial charge in [-0.1, -0.05) is 115 Å². The second-order valence-corrected chi connectivity index (χ2v) is 12.1. The lowest BCUT2D eigenvalue weighted by Gasteiger charge is -2.37. The number of nitrogens with one attached hydrogen (secondary N) is 3. The van der Waals surface area contributed by atoms with Crippen molar-refractivity contribution in [1.82, 2.24) is 16.0 Å². The number of rotatable bonds is 16. The lowest BCUT2D eigenvalue weighted by molar-refractivity contribution is -0.129. The predicted octanol–water partition coefficient (Wildman–Crippen LogP) is 6.64. The van der Waals surface area contributed by atoms with E-state index >= 15 is 0 Å². The second-order valence-electron chi connectivity index (χ2n) is 12.1. The van der Waals surface area contributed by atoms with Crippen molar-refractivity contribution in [3.8, 4) is 17.2 Å². The SMILES string of the molecule is COc1cc(C=Cc2ccc(OC(=O)OCCNC(=O)C(CC(=O)NC(c3ccccc3)(c3ccccc3)c3ccccc3)NC(=O)O)cc2)cc(OC)c1. The fourth-order valence-electron chi connectivity index (χ4n) is 5.91. The minimum atomic E-state index is -1.49. The van der Waals surface area contributed by atoms with Gasteiger partial charge in [-0.05, 0) is 52.1 Å². The van der Waals surface area contributed by atoms with E-state index in [1.54, 1.807) is 44.6 Å². The van der Waals surface area contributed by atoms with Crippen LogP contribution in [0.1, 0.15) is 34.2 Å². The second kappa shape index (κ2) is 19.1. The molecule has 0 saturated heterocycles. The van der Waals surface area contributed by atoms with Crippen LogP contribution in [0.25, 0.3) is 12.2 Å². The van der Waals surface area contributed by atoms with Crippen molar-refractivity contribution in [3.63, 3.8) is 0 Å². The molecular weight excluding hydrogens is 702 g/mol. The van der Waals surface area contributed by atoms with Crippen LogP contribution in [-0.4, -0.2) is 62.6 Å². The number of hydrogen-bond donors (Lipinski definition) is 4. The van der Waals surface area contributed by atoms with E-state index in [-0.39, 0.29) is 18.9 Å². The number of amides is 3. The van der Waals surface area contributed by atoms with Crippen molar-refractivity contribution >= 4 is 36.2 Å². The molecule has 12 nitrogen and oxygen atoms in total. The van der Waals surface area contributed by atoms with Gasteiger partial charge in [-0.3, -0.25) is 9.59 Å². The number of benzene rings is 5. The Morgan fingerprint density at radius 1 is 0.673 bits per heavy atom. The third-order valence-corrected chi connectivity index (χ3v) is 8.50. The summed E-state index contributed by atoms with van der Waals surface area (Å²) in [7, 11) is 3.16. The number of hydrogen-bond acceptors (Lipinski definition) is 8. The maximum atomic E-state index is 13.8. The largest absolute Gasteiger partial charge is 0.513 e. The van der Waals surface area contributed by atoms with E-state index in [1.807, 2.05) is 115 Å². The molecule has 4 N–H and O–H groups in total. The van der Waals surface area contributed by atoms with Gasteiger partial charge in [0, 0.05) is 6.07 Å². The molecular formula is C43H41N3O9. The third kappa shape index (κ3) is 10.7. The molecule has 0 spiro atoms. The first kappa shape index (κ1) is 39.1. The Kier molecular flexibility index (Phi) is 13.6. The van der Waals surface area contributed by atoms with Crippen LogP contribution in [-0.2, 0) is 19.9 Å². The molecule has 3 amide bonds. The summed E-state index contributed by atoms with van der Waals surface area (Å²) in [6.45, 7) is -0.450. The van der Waals surface area contributed by atoms with Crippen molar-refractivity contribution < 1.29 is 43.2 Å². The molecule has 1 atom stereocenters. The van der Waals surface area contributed by atoms with Gasteiger partial charge in [-0.2, -0.15) is 0 Å². The molecule has 0 aliphatic rings. The van der Waals surface area contributed by atoms with E-state index in [9.17, 15) is 24.3 Å². The zero-order valence-electron chi connectivity index (χ0n) is 30.3. The first-order valence-corrected chi connectivity index (χ1v) is 17.3. The number of carbonyl (C=O) groups excluding carboxylic acids is 3. The van der Waals surface area contributed by atoms with Crippen LogP contribution in [0.2, 0.25) is 0 Å². The number of methoxy groups -OCH3 is 2. The fourth-order valence-corrected chi connectivity index (χ4v) is 5.91. The normalized spacial score (nSPS) is 11.5. The molecule has 0 fully saturated rings. The Morgan fingerprint density at radius 3 is 1.67 bits per heavy atom. The van der Waals surface area contributed by atoms with Crippen molar-refractivity contribution in [3.05, 3.63) is 161 Å². The summed E-state index contributed by atoms with van der Waals surface area (Å²) in [6.07, 6.45) is 0.755. The Bertz CT molecular complexity index is 1960. The van der Waals surface area contributed by atoms with Crippen LogP contribution in [0.3, 0.4) is 0 Å². The van der Waals surface area contributed by atoms with Gasteiger partial charge in [0.2, 0.25) is 11.8 Å². The number of carboxylic acid groups (broad SMARTS) is 1. The zero-order chi connectivity index (χ0) is 39.0. The van der Waals surface area contributed by atoms with Crippen molar-refractivity contribution in [2.24, 2.45) is 0 Å². The van der Waals surface area contributed by atoms with Crippen molar-refractivity contribution in [2.75, 3.05) is 27.4 Å². The molecule has 5 aromatic carbocycles. The van der Waals surface area contributed by atoms with Gasteiger partial charge < -0.3 is 40.0 Å². The average molecular weight is 744 g/mol. The molecule has 5 aromatic rings. The van der Waals surface area contributed by atoms with Crippen molar-refractivity contribution in [2.45, 2.75) is 18.0 Å². The van der Waals surface area contributed by atoms with E-state index < -0.39 is 42.1 Å². The van der Waals surface area contributed by atoms with Crippen LogP contribution in [0, 0.1) is 0 Å². The summed E-state index contributed by atoms with van der Waals surface area (Å²) >= 11 is 0. The zero-order valence-corrected chi connectivity index (χ0v) is 30.3. The van der Waals surface area contributed by atoms with E-state index in [0.717, 1.165) is 27.8 Å². The van der Waals surface area contributed by atoms with Gasteiger partial charge >= 0.3 is 12.2 Å². The lowest BCUT2D eigenvalue weighted by atomic mass is 9.77. The average Bonchev–Trinajstić information content (AvgIpc) is 3.21. The van der Waals surface area contributed by atoms with Gasteiger partial charge in [0.25, 0.3) is 0 Å². The van der Waals surface area contributed by atoms with Gasteiger partial charge in [-0.25, -0.2) is 9.59 Å². The number of ether oxygens (including phenoxy) is 4. The predicted molar refractivity (Wildman–Crippen MR) is 207 cm³/mol. The van der Waals surface area contributed by atoms with E-state index in [2.05, 4.69) is 16.0 Å². The summed E-state index contributed by atoms with van der Waals surface area (Å²) in [6, 6.07) is 38.9. The Labute approximate surface area is 318 Å². The number of carbonyl (C=O) groups is 4. The minimum absolute atomic E-state index is 0.172. The molecule has 0 aliphatic heterocycles.